The summed E-state index contributed by atoms with van der Waals surface area (Å²) in [4.78, 5) is 19.1. The Morgan fingerprint density at radius 1 is 1.06 bits per heavy atom. The molecule has 1 N–H and O–H groups in total. The number of amides is 1. The quantitative estimate of drug-likeness (QED) is 0.221. The Balaban J connectivity index is 1.71. The number of rotatable bonds is 6. The number of hydrogen-bond donors (Lipinski definition) is 1. The third-order valence-corrected chi connectivity index (χ3v) is 6.92. The molecular weight excluding hydrogens is 462 g/mol. The van der Waals surface area contributed by atoms with Crippen LogP contribution in [0.4, 0.5) is 0 Å². The van der Waals surface area contributed by atoms with Crippen LogP contribution in [0.25, 0.3) is 22.2 Å². The molecule has 0 aliphatic rings. The number of aromatic nitrogens is 1. The summed E-state index contributed by atoms with van der Waals surface area (Å²) in [7, 11) is 0. The summed E-state index contributed by atoms with van der Waals surface area (Å²) in [6.07, 6.45) is 1.66. The molecule has 2 aromatic heterocycles. The monoisotopic (exact) mass is 489 g/mol. The van der Waals surface area contributed by atoms with Gasteiger partial charge < -0.3 is 0 Å². The lowest BCUT2D eigenvalue weighted by Crippen LogP contribution is -2.20. The van der Waals surface area contributed by atoms with Crippen molar-refractivity contribution in [2.24, 2.45) is 5.10 Å². The second kappa shape index (κ2) is 10.1. The van der Waals surface area contributed by atoms with Crippen LogP contribution in [0, 0.1) is 0 Å². The van der Waals surface area contributed by atoms with Crippen molar-refractivity contribution in [1.29, 1.82) is 0 Å². The third kappa shape index (κ3) is 5.37. The van der Waals surface area contributed by atoms with E-state index < -0.39 is 0 Å². The van der Waals surface area contributed by atoms with Gasteiger partial charge in [-0.1, -0.05) is 88.2 Å². The van der Waals surface area contributed by atoms with Gasteiger partial charge in [0.25, 0.3) is 5.91 Å². The Morgan fingerprint density at radius 3 is 2.44 bits per heavy atom. The minimum Gasteiger partial charge on any atom is -0.267 e. The number of thiophene rings is 1. The van der Waals surface area contributed by atoms with Gasteiger partial charge in [0, 0.05) is 10.9 Å². The van der Waals surface area contributed by atoms with Crippen molar-refractivity contribution in [1.82, 2.24) is 10.4 Å². The van der Waals surface area contributed by atoms with Crippen LogP contribution in [-0.4, -0.2) is 16.6 Å². The Morgan fingerprint density at radius 2 is 1.79 bits per heavy atom. The topological polar surface area (TPSA) is 54.4 Å². The number of benzene rings is 2. The number of nitrogens with one attached hydrogen (secondary N) is 1. The molecule has 0 radical (unpaired) electrons. The molecule has 4 aromatic rings. The second-order valence-electron chi connectivity index (χ2n) is 9.25. The molecule has 0 fully saturated rings. The van der Waals surface area contributed by atoms with Crippen molar-refractivity contribution < 1.29 is 4.79 Å². The van der Waals surface area contributed by atoms with Crippen molar-refractivity contribution >= 4 is 45.5 Å². The maximum Gasteiger partial charge on any atom is 0.272 e. The first-order chi connectivity index (χ1) is 16.3. The molecule has 174 valence electrons. The molecule has 0 atom stereocenters. The summed E-state index contributed by atoms with van der Waals surface area (Å²) >= 11 is 7.57. The van der Waals surface area contributed by atoms with E-state index in [0.29, 0.717) is 9.90 Å². The first kappa shape index (κ1) is 24.1. The number of hydrazone groups is 1. The highest BCUT2D eigenvalue weighted by Crippen LogP contribution is 2.28. The number of fused-ring (bicyclic) bond motifs is 1. The number of nitrogens with zero attached hydrogens (tertiary/aromatic N) is 2. The molecule has 6 heteroatoms. The SMILES string of the molecule is CCCC(=NNC(=O)c1cc(-c2ccc(C(C)(C)C)cc2)nc2ccccc12)c1ccc(Cl)s1. The third-order valence-electron chi connectivity index (χ3n) is 5.64. The van der Waals surface area contributed by atoms with Crippen LogP contribution in [0.2, 0.25) is 4.34 Å². The standard InChI is InChI=1S/C28H28ClN3OS/c1-5-8-23(25-15-16-26(29)34-25)31-32-27(33)21-17-24(30-22-10-7-6-9-20(21)22)18-11-13-19(14-12-18)28(2,3)4/h6-7,9-17H,5,8H2,1-4H3,(H,32,33). The van der Waals surface area contributed by atoms with Gasteiger partial charge in [-0.3, -0.25) is 4.79 Å². The van der Waals surface area contributed by atoms with E-state index in [1.165, 1.54) is 16.9 Å². The molecule has 0 saturated carbocycles. The zero-order valence-electron chi connectivity index (χ0n) is 19.9. The number of halogens is 1. The molecular formula is C28H28ClN3OS. The highest BCUT2D eigenvalue weighted by atomic mass is 35.5. The van der Waals surface area contributed by atoms with E-state index in [1.54, 1.807) is 0 Å². The van der Waals surface area contributed by atoms with Crippen LogP contribution in [0.1, 0.15) is 61.3 Å². The molecule has 0 unspecified atom stereocenters. The van der Waals surface area contributed by atoms with Gasteiger partial charge in [-0.15, -0.1) is 11.3 Å². The summed E-state index contributed by atoms with van der Waals surface area (Å²) in [6, 6.07) is 21.7. The van der Waals surface area contributed by atoms with Crippen molar-refractivity contribution in [2.45, 2.75) is 46.0 Å². The average Bonchev–Trinajstić information content (AvgIpc) is 3.26. The Hall–Kier alpha value is -3.02. The minimum atomic E-state index is -0.262. The number of para-hydroxylation sites is 1. The first-order valence-corrected chi connectivity index (χ1v) is 12.6. The van der Waals surface area contributed by atoms with Gasteiger partial charge in [-0.25, -0.2) is 10.4 Å². The van der Waals surface area contributed by atoms with Gasteiger partial charge in [0.2, 0.25) is 0 Å². The van der Waals surface area contributed by atoms with Crippen LogP contribution >= 0.6 is 22.9 Å². The second-order valence-corrected chi connectivity index (χ2v) is 11.0. The molecule has 34 heavy (non-hydrogen) atoms. The normalized spacial score (nSPS) is 12.2. The van der Waals surface area contributed by atoms with Gasteiger partial charge in [0.05, 0.1) is 31.7 Å². The molecule has 4 nitrogen and oxygen atoms in total. The van der Waals surface area contributed by atoms with Gasteiger partial charge in [0.15, 0.2) is 0 Å². The maximum absolute atomic E-state index is 13.3. The van der Waals surface area contributed by atoms with E-state index >= 15 is 0 Å². The summed E-state index contributed by atoms with van der Waals surface area (Å²) in [6.45, 7) is 8.66. The molecule has 0 spiro atoms. The molecule has 2 aromatic carbocycles. The van der Waals surface area contributed by atoms with Crippen LogP contribution in [0.5, 0.6) is 0 Å². The minimum absolute atomic E-state index is 0.0708. The molecule has 0 saturated heterocycles. The van der Waals surface area contributed by atoms with Crippen molar-refractivity contribution in [3.8, 4) is 11.3 Å². The summed E-state index contributed by atoms with van der Waals surface area (Å²) in [5.74, 6) is -0.262. The van der Waals surface area contributed by atoms with Gasteiger partial charge >= 0.3 is 0 Å². The number of carbonyl (C=O) groups excluding carboxylic acids is 1. The van der Waals surface area contributed by atoms with Crippen LogP contribution in [0.15, 0.2) is 71.8 Å². The number of carbonyl (C=O) groups is 1. The Bertz CT molecular complexity index is 1350. The molecule has 0 aliphatic heterocycles. The zero-order chi connectivity index (χ0) is 24.3. The van der Waals surface area contributed by atoms with Crippen molar-refractivity contribution in [3.63, 3.8) is 0 Å². The van der Waals surface area contributed by atoms with E-state index in [4.69, 9.17) is 16.6 Å². The van der Waals surface area contributed by atoms with Crippen molar-refractivity contribution in [3.05, 3.63) is 87.1 Å². The molecule has 0 aliphatic carbocycles. The summed E-state index contributed by atoms with van der Waals surface area (Å²) in [5.41, 5.74) is 7.96. The lowest BCUT2D eigenvalue weighted by Gasteiger charge is -2.19. The first-order valence-electron chi connectivity index (χ1n) is 11.4. The fraction of sp³-hybridized carbons (Fsp3) is 0.250. The lowest BCUT2D eigenvalue weighted by molar-refractivity contribution is 0.0956. The molecule has 2 heterocycles. The predicted molar refractivity (Wildman–Crippen MR) is 144 cm³/mol. The van der Waals surface area contributed by atoms with Gasteiger partial charge in [0.1, 0.15) is 0 Å². The average molecular weight is 490 g/mol. The molecule has 0 bridgehead atoms. The maximum atomic E-state index is 13.3. The van der Waals surface area contributed by atoms with Gasteiger partial charge in [-0.05, 0) is 41.7 Å². The summed E-state index contributed by atoms with van der Waals surface area (Å²) < 4.78 is 0.701. The molecule has 4 rings (SSSR count). The van der Waals surface area contributed by atoms with E-state index in [2.05, 4.69) is 62.5 Å². The van der Waals surface area contributed by atoms with E-state index in [9.17, 15) is 4.79 Å². The lowest BCUT2D eigenvalue weighted by atomic mass is 9.86. The fourth-order valence-electron chi connectivity index (χ4n) is 3.77. The smallest absolute Gasteiger partial charge is 0.267 e. The van der Waals surface area contributed by atoms with Crippen LogP contribution in [0.3, 0.4) is 0 Å². The Kier molecular flexibility index (Phi) is 7.15. The van der Waals surface area contributed by atoms with E-state index in [0.717, 1.165) is 45.6 Å². The zero-order valence-corrected chi connectivity index (χ0v) is 21.4. The number of pyridine rings is 1. The van der Waals surface area contributed by atoms with Crippen molar-refractivity contribution in [2.75, 3.05) is 0 Å². The number of hydrogen-bond acceptors (Lipinski definition) is 4. The fourth-order valence-corrected chi connectivity index (χ4v) is 4.83. The van der Waals surface area contributed by atoms with Crippen LogP contribution in [-0.2, 0) is 5.41 Å². The largest absolute Gasteiger partial charge is 0.272 e. The highest BCUT2D eigenvalue weighted by Gasteiger charge is 2.16. The van der Waals surface area contributed by atoms with E-state index in [-0.39, 0.29) is 11.3 Å². The predicted octanol–water partition coefficient (Wildman–Crippen LogP) is 7.85. The molecule has 1 amide bonds. The summed E-state index contributed by atoms with van der Waals surface area (Å²) in [5, 5.41) is 5.26. The highest BCUT2D eigenvalue weighted by molar-refractivity contribution is 7.18. The van der Waals surface area contributed by atoms with Crippen LogP contribution < -0.4 is 5.43 Å². The Labute approximate surface area is 209 Å². The van der Waals surface area contributed by atoms with Gasteiger partial charge in [-0.2, -0.15) is 5.10 Å². The van der Waals surface area contributed by atoms with E-state index in [1.807, 2.05) is 42.5 Å².